The Bertz CT molecular complexity index is 293. The van der Waals surface area contributed by atoms with Crippen LogP contribution in [-0.4, -0.2) is 30.7 Å². The summed E-state index contributed by atoms with van der Waals surface area (Å²) >= 11 is 0. The summed E-state index contributed by atoms with van der Waals surface area (Å²) in [5.41, 5.74) is 6.10. The Kier molecular flexibility index (Phi) is 5.22. The molecule has 4 nitrogen and oxygen atoms in total. The minimum atomic E-state index is 0.137. The first kappa shape index (κ1) is 14.8. The van der Waals surface area contributed by atoms with Crippen LogP contribution >= 0.6 is 0 Å². The standard InChI is InChI=1S/C15H28N2O2/c1-10(2)19-7-6-14(18)17-15-11-4-3-5-12(15)9-13(16)8-11/h10-13,15H,3-9,16H2,1-2H3,(H,17,18). The Labute approximate surface area is 116 Å². The molecule has 2 atom stereocenters. The molecule has 0 radical (unpaired) electrons. The van der Waals surface area contributed by atoms with Gasteiger partial charge >= 0.3 is 0 Å². The first-order valence-electron chi connectivity index (χ1n) is 7.72. The SMILES string of the molecule is CC(C)OCCC(=O)NC1C2CCCC1CC(N)C2. The molecule has 0 spiro atoms. The summed E-state index contributed by atoms with van der Waals surface area (Å²) < 4.78 is 5.43. The van der Waals surface area contributed by atoms with Crippen LogP contribution in [0.15, 0.2) is 0 Å². The van der Waals surface area contributed by atoms with Gasteiger partial charge in [-0.1, -0.05) is 6.42 Å². The predicted octanol–water partition coefficient (Wildman–Crippen LogP) is 1.82. The lowest BCUT2D eigenvalue weighted by Gasteiger charge is -2.45. The van der Waals surface area contributed by atoms with Crippen molar-refractivity contribution in [3.63, 3.8) is 0 Å². The van der Waals surface area contributed by atoms with E-state index in [9.17, 15) is 4.79 Å². The number of ether oxygens (including phenoxy) is 1. The van der Waals surface area contributed by atoms with Crippen molar-refractivity contribution in [2.75, 3.05) is 6.61 Å². The van der Waals surface area contributed by atoms with Crippen molar-refractivity contribution in [2.24, 2.45) is 17.6 Å². The lowest BCUT2D eigenvalue weighted by Crippen LogP contribution is -2.53. The number of rotatable bonds is 5. The summed E-state index contributed by atoms with van der Waals surface area (Å²) in [5.74, 6) is 1.33. The molecule has 110 valence electrons. The lowest BCUT2D eigenvalue weighted by molar-refractivity contribution is -0.124. The maximum Gasteiger partial charge on any atom is 0.222 e. The fourth-order valence-corrected chi connectivity index (χ4v) is 3.67. The van der Waals surface area contributed by atoms with Crippen LogP contribution in [0.2, 0.25) is 0 Å². The third kappa shape index (κ3) is 4.18. The molecule has 2 rings (SSSR count). The highest BCUT2D eigenvalue weighted by molar-refractivity contribution is 5.76. The molecule has 2 bridgehead atoms. The Morgan fingerprint density at radius 3 is 2.53 bits per heavy atom. The van der Waals surface area contributed by atoms with E-state index in [1.165, 1.54) is 19.3 Å². The van der Waals surface area contributed by atoms with Crippen molar-refractivity contribution < 1.29 is 9.53 Å². The van der Waals surface area contributed by atoms with Gasteiger partial charge < -0.3 is 15.8 Å². The fraction of sp³-hybridized carbons (Fsp3) is 0.933. The summed E-state index contributed by atoms with van der Waals surface area (Å²) in [6, 6.07) is 0.702. The zero-order valence-corrected chi connectivity index (χ0v) is 12.2. The van der Waals surface area contributed by atoms with E-state index in [1.54, 1.807) is 0 Å². The van der Waals surface area contributed by atoms with E-state index in [0.29, 0.717) is 36.9 Å². The molecule has 1 amide bonds. The minimum absolute atomic E-state index is 0.137. The fourth-order valence-electron chi connectivity index (χ4n) is 3.67. The number of carbonyl (C=O) groups excluding carboxylic acids is 1. The Morgan fingerprint density at radius 2 is 1.95 bits per heavy atom. The van der Waals surface area contributed by atoms with E-state index in [2.05, 4.69) is 5.32 Å². The van der Waals surface area contributed by atoms with Gasteiger partial charge in [0.15, 0.2) is 0 Å². The number of nitrogens with two attached hydrogens (primary N) is 1. The van der Waals surface area contributed by atoms with Gasteiger partial charge in [-0.05, 0) is 51.4 Å². The summed E-state index contributed by atoms with van der Waals surface area (Å²) in [5, 5.41) is 3.24. The Balaban J connectivity index is 1.79. The monoisotopic (exact) mass is 268 g/mol. The van der Waals surface area contributed by atoms with Gasteiger partial charge in [0, 0.05) is 18.5 Å². The molecule has 2 fully saturated rings. The molecule has 0 heterocycles. The zero-order valence-electron chi connectivity index (χ0n) is 12.2. The molecule has 2 aliphatic carbocycles. The van der Waals surface area contributed by atoms with Crippen molar-refractivity contribution in [3.05, 3.63) is 0 Å². The van der Waals surface area contributed by atoms with Crippen LogP contribution in [-0.2, 0) is 9.53 Å². The molecule has 0 aromatic rings. The van der Waals surface area contributed by atoms with Crippen molar-refractivity contribution >= 4 is 5.91 Å². The molecule has 19 heavy (non-hydrogen) atoms. The van der Waals surface area contributed by atoms with Gasteiger partial charge in [-0.3, -0.25) is 4.79 Å². The van der Waals surface area contributed by atoms with Crippen molar-refractivity contribution in [1.29, 1.82) is 0 Å². The van der Waals surface area contributed by atoms with Crippen molar-refractivity contribution in [1.82, 2.24) is 5.32 Å². The number of nitrogens with one attached hydrogen (secondary N) is 1. The zero-order chi connectivity index (χ0) is 13.8. The first-order chi connectivity index (χ1) is 9.06. The van der Waals surface area contributed by atoms with E-state index in [-0.39, 0.29) is 12.0 Å². The number of amides is 1. The molecular formula is C15H28N2O2. The van der Waals surface area contributed by atoms with Gasteiger partial charge in [0.1, 0.15) is 0 Å². The van der Waals surface area contributed by atoms with Gasteiger partial charge in [-0.2, -0.15) is 0 Å². The van der Waals surface area contributed by atoms with Crippen LogP contribution in [0.25, 0.3) is 0 Å². The third-order valence-corrected chi connectivity index (χ3v) is 4.48. The van der Waals surface area contributed by atoms with Crippen LogP contribution in [0.5, 0.6) is 0 Å². The summed E-state index contributed by atoms with van der Waals surface area (Å²) in [4.78, 5) is 12.0. The second-order valence-electron chi connectivity index (χ2n) is 6.45. The molecule has 0 aliphatic heterocycles. The van der Waals surface area contributed by atoms with E-state index in [4.69, 9.17) is 10.5 Å². The second-order valence-corrected chi connectivity index (χ2v) is 6.45. The maximum atomic E-state index is 12.0. The van der Waals surface area contributed by atoms with Gasteiger partial charge in [0.2, 0.25) is 5.91 Å². The normalized spacial score (nSPS) is 34.3. The molecule has 0 aromatic carbocycles. The highest BCUT2D eigenvalue weighted by Crippen LogP contribution is 2.39. The van der Waals surface area contributed by atoms with Gasteiger partial charge in [0.05, 0.1) is 12.7 Å². The average Bonchev–Trinajstić information content (AvgIpc) is 2.29. The number of hydrogen-bond donors (Lipinski definition) is 2. The highest BCUT2D eigenvalue weighted by atomic mass is 16.5. The van der Waals surface area contributed by atoms with Crippen LogP contribution in [0.3, 0.4) is 0 Å². The van der Waals surface area contributed by atoms with Crippen molar-refractivity contribution in [2.45, 2.75) is 70.6 Å². The third-order valence-electron chi connectivity index (χ3n) is 4.48. The topological polar surface area (TPSA) is 64.3 Å². The Hall–Kier alpha value is -0.610. The van der Waals surface area contributed by atoms with Crippen molar-refractivity contribution in [3.8, 4) is 0 Å². The lowest BCUT2D eigenvalue weighted by atomic mass is 9.67. The molecule has 4 heteroatoms. The van der Waals surface area contributed by atoms with E-state index in [1.807, 2.05) is 13.8 Å². The molecular weight excluding hydrogens is 240 g/mol. The summed E-state index contributed by atoms with van der Waals surface area (Å²) in [6.45, 7) is 4.50. The quantitative estimate of drug-likeness (QED) is 0.799. The smallest absolute Gasteiger partial charge is 0.222 e. The largest absolute Gasteiger partial charge is 0.378 e. The molecule has 0 saturated heterocycles. The highest BCUT2D eigenvalue weighted by Gasteiger charge is 2.39. The van der Waals surface area contributed by atoms with Crippen LogP contribution < -0.4 is 11.1 Å². The second kappa shape index (κ2) is 6.71. The molecule has 2 unspecified atom stereocenters. The Morgan fingerprint density at radius 1 is 1.32 bits per heavy atom. The van der Waals surface area contributed by atoms with Crippen LogP contribution in [0.4, 0.5) is 0 Å². The van der Waals surface area contributed by atoms with Gasteiger partial charge in [0.25, 0.3) is 0 Å². The van der Waals surface area contributed by atoms with E-state index < -0.39 is 0 Å². The average molecular weight is 268 g/mol. The minimum Gasteiger partial charge on any atom is -0.378 e. The van der Waals surface area contributed by atoms with E-state index in [0.717, 1.165) is 12.8 Å². The predicted molar refractivity (Wildman–Crippen MR) is 75.7 cm³/mol. The van der Waals surface area contributed by atoms with Gasteiger partial charge in [-0.15, -0.1) is 0 Å². The molecule has 0 aromatic heterocycles. The number of fused-ring (bicyclic) bond motifs is 2. The van der Waals surface area contributed by atoms with Crippen LogP contribution in [0, 0.1) is 11.8 Å². The summed E-state index contributed by atoms with van der Waals surface area (Å²) in [7, 11) is 0. The maximum absolute atomic E-state index is 12.0. The first-order valence-corrected chi connectivity index (χ1v) is 7.72. The van der Waals surface area contributed by atoms with Gasteiger partial charge in [-0.25, -0.2) is 0 Å². The molecule has 3 N–H and O–H groups in total. The molecule has 2 aliphatic rings. The molecule has 2 saturated carbocycles. The van der Waals surface area contributed by atoms with E-state index >= 15 is 0 Å². The summed E-state index contributed by atoms with van der Waals surface area (Å²) in [6.07, 6.45) is 6.55. The number of hydrogen-bond acceptors (Lipinski definition) is 3. The number of carbonyl (C=O) groups is 1. The van der Waals surface area contributed by atoms with Crippen LogP contribution in [0.1, 0.15) is 52.4 Å².